The number of hydrogen-bond donors (Lipinski definition) is 1. The lowest BCUT2D eigenvalue weighted by Crippen LogP contribution is -2.16. The van der Waals surface area contributed by atoms with Crippen LogP contribution in [0.2, 0.25) is 0 Å². The molecule has 0 radical (unpaired) electrons. The van der Waals surface area contributed by atoms with E-state index in [0.717, 1.165) is 21.0 Å². The van der Waals surface area contributed by atoms with Crippen LogP contribution in [0.25, 0.3) is 17.0 Å². The molecule has 1 N–H and O–H groups in total. The summed E-state index contributed by atoms with van der Waals surface area (Å²) in [5.41, 5.74) is 4.68. The Labute approximate surface area is 192 Å². The highest BCUT2D eigenvalue weighted by Crippen LogP contribution is 2.23. The van der Waals surface area contributed by atoms with Gasteiger partial charge in [0.1, 0.15) is 11.3 Å². The highest BCUT2D eigenvalue weighted by atomic mass is 79.9. The molecule has 0 spiro atoms. The fourth-order valence-corrected chi connectivity index (χ4v) is 3.23. The van der Waals surface area contributed by atoms with Gasteiger partial charge in [-0.3, -0.25) is 4.79 Å². The third-order valence-corrected chi connectivity index (χ3v) is 4.89. The highest BCUT2D eigenvalue weighted by Gasteiger charge is 2.11. The smallest absolute Gasteiger partial charge is 0.336 e. The van der Waals surface area contributed by atoms with E-state index in [0.29, 0.717) is 11.3 Å². The van der Waals surface area contributed by atoms with Crippen LogP contribution in [0.3, 0.4) is 0 Å². The van der Waals surface area contributed by atoms with Crippen molar-refractivity contribution in [3.8, 4) is 5.75 Å². The van der Waals surface area contributed by atoms with Crippen LogP contribution in [0.1, 0.15) is 21.7 Å². The Bertz CT molecular complexity index is 1310. The molecule has 4 rings (SSSR count). The molecule has 0 unspecified atom stereocenters. The topological polar surface area (TPSA) is 80.9 Å². The predicted molar refractivity (Wildman–Crippen MR) is 127 cm³/mol. The van der Waals surface area contributed by atoms with Crippen molar-refractivity contribution >= 4 is 51.1 Å². The van der Waals surface area contributed by atoms with Gasteiger partial charge in [-0.15, -0.1) is 0 Å². The first-order valence-corrected chi connectivity index (χ1v) is 10.4. The van der Waals surface area contributed by atoms with Gasteiger partial charge in [0.25, 0.3) is 0 Å². The molecular weight excluding hydrogens is 472 g/mol. The summed E-state index contributed by atoms with van der Waals surface area (Å²) in [5.74, 6) is -0.354. The van der Waals surface area contributed by atoms with E-state index in [1.807, 2.05) is 42.5 Å². The Balaban J connectivity index is 1.31. The molecule has 158 valence electrons. The molecule has 1 heterocycles. The molecule has 0 saturated carbocycles. The average Bonchev–Trinajstić information content (AvgIpc) is 3.23. The van der Waals surface area contributed by atoms with Crippen LogP contribution in [0.4, 0.5) is 0 Å². The minimum absolute atomic E-state index is 0.168. The van der Waals surface area contributed by atoms with Gasteiger partial charge in [0, 0.05) is 15.9 Å². The van der Waals surface area contributed by atoms with Crippen LogP contribution < -0.4 is 10.2 Å². The zero-order valence-electron chi connectivity index (χ0n) is 16.7. The standard InChI is InChI=1S/C25H17BrN2O4/c26-20-9-12-22-19(14-20)15-23(32-22)25(30)28-27-16-18-6-10-21(11-7-18)31-24(29)13-8-17-4-2-1-3-5-17/h1-16H,(H,28,30)/b13-8+,27-16-. The van der Waals surface area contributed by atoms with Gasteiger partial charge in [0.15, 0.2) is 5.76 Å². The van der Waals surface area contributed by atoms with Crippen molar-refractivity contribution in [3.63, 3.8) is 0 Å². The maximum absolute atomic E-state index is 12.2. The number of hydrogen-bond acceptors (Lipinski definition) is 5. The van der Waals surface area contributed by atoms with Gasteiger partial charge in [0.05, 0.1) is 6.21 Å². The first-order valence-electron chi connectivity index (χ1n) is 9.64. The molecule has 1 amide bonds. The minimum Gasteiger partial charge on any atom is -0.451 e. The summed E-state index contributed by atoms with van der Waals surface area (Å²) in [7, 11) is 0. The number of nitrogens with zero attached hydrogens (tertiary/aromatic N) is 1. The molecule has 4 aromatic rings. The molecule has 32 heavy (non-hydrogen) atoms. The number of rotatable bonds is 6. The molecule has 3 aromatic carbocycles. The lowest BCUT2D eigenvalue weighted by Gasteiger charge is -2.01. The minimum atomic E-state index is -0.472. The van der Waals surface area contributed by atoms with E-state index in [-0.39, 0.29) is 5.76 Å². The maximum Gasteiger partial charge on any atom is 0.336 e. The van der Waals surface area contributed by atoms with E-state index >= 15 is 0 Å². The number of amides is 1. The normalized spacial score (nSPS) is 11.3. The summed E-state index contributed by atoms with van der Waals surface area (Å²) < 4.78 is 11.7. The van der Waals surface area contributed by atoms with E-state index in [9.17, 15) is 9.59 Å². The number of ether oxygens (including phenoxy) is 1. The number of carbonyl (C=O) groups is 2. The van der Waals surface area contributed by atoms with Gasteiger partial charge in [-0.25, -0.2) is 10.2 Å². The van der Waals surface area contributed by atoms with E-state index in [1.54, 1.807) is 42.5 Å². The lowest BCUT2D eigenvalue weighted by molar-refractivity contribution is -0.128. The van der Waals surface area contributed by atoms with Crippen LogP contribution in [0.5, 0.6) is 5.75 Å². The van der Waals surface area contributed by atoms with Crippen LogP contribution >= 0.6 is 15.9 Å². The summed E-state index contributed by atoms with van der Waals surface area (Å²) >= 11 is 3.39. The van der Waals surface area contributed by atoms with Crippen LogP contribution in [-0.2, 0) is 4.79 Å². The zero-order valence-corrected chi connectivity index (χ0v) is 18.3. The van der Waals surface area contributed by atoms with Crippen LogP contribution in [-0.4, -0.2) is 18.1 Å². The molecule has 0 aliphatic carbocycles. The van der Waals surface area contributed by atoms with Crippen LogP contribution in [0.15, 0.2) is 98.9 Å². The Kier molecular flexibility index (Phi) is 6.57. The largest absolute Gasteiger partial charge is 0.451 e. The molecule has 0 fully saturated rings. The monoisotopic (exact) mass is 488 g/mol. The molecule has 0 bridgehead atoms. The SMILES string of the molecule is O=C(/C=C/c1ccccc1)Oc1ccc(/C=N\NC(=O)c2cc3cc(Br)ccc3o2)cc1. The Morgan fingerprint density at radius 2 is 1.72 bits per heavy atom. The summed E-state index contributed by atoms with van der Waals surface area (Å²) in [6.45, 7) is 0. The summed E-state index contributed by atoms with van der Waals surface area (Å²) in [6, 6.07) is 23.4. The van der Waals surface area contributed by atoms with E-state index < -0.39 is 11.9 Å². The second-order valence-corrected chi connectivity index (χ2v) is 7.64. The number of benzene rings is 3. The second-order valence-electron chi connectivity index (χ2n) is 6.73. The fourth-order valence-electron chi connectivity index (χ4n) is 2.85. The molecule has 0 atom stereocenters. The Morgan fingerprint density at radius 1 is 0.938 bits per heavy atom. The lowest BCUT2D eigenvalue weighted by atomic mass is 10.2. The quantitative estimate of drug-likeness (QED) is 0.126. The van der Waals surface area contributed by atoms with Crippen molar-refractivity contribution in [1.82, 2.24) is 5.43 Å². The number of hydrazone groups is 1. The fraction of sp³-hybridized carbons (Fsp3) is 0. The van der Waals surface area contributed by atoms with Gasteiger partial charge in [0.2, 0.25) is 0 Å². The third kappa shape index (κ3) is 5.59. The number of esters is 1. The maximum atomic E-state index is 12.2. The molecule has 0 aliphatic heterocycles. The van der Waals surface area contributed by atoms with Crippen LogP contribution in [0, 0.1) is 0 Å². The summed E-state index contributed by atoms with van der Waals surface area (Å²) in [4.78, 5) is 24.2. The molecule has 7 heteroatoms. The third-order valence-electron chi connectivity index (χ3n) is 4.39. The van der Waals surface area contributed by atoms with Crippen molar-refractivity contribution in [2.45, 2.75) is 0 Å². The van der Waals surface area contributed by atoms with Crippen molar-refractivity contribution < 1.29 is 18.7 Å². The van der Waals surface area contributed by atoms with Gasteiger partial charge in [-0.1, -0.05) is 46.3 Å². The van der Waals surface area contributed by atoms with Crippen molar-refractivity contribution in [2.24, 2.45) is 5.10 Å². The van der Waals surface area contributed by atoms with Gasteiger partial charge in [-0.2, -0.15) is 5.10 Å². The number of fused-ring (bicyclic) bond motifs is 1. The van der Waals surface area contributed by atoms with Gasteiger partial charge < -0.3 is 9.15 Å². The number of carbonyl (C=O) groups excluding carboxylic acids is 2. The van der Waals surface area contributed by atoms with Crippen molar-refractivity contribution in [1.29, 1.82) is 0 Å². The summed E-state index contributed by atoms with van der Waals surface area (Å²) in [5, 5.41) is 4.76. The van der Waals surface area contributed by atoms with E-state index in [1.165, 1.54) is 12.3 Å². The number of nitrogens with one attached hydrogen (secondary N) is 1. The molecular formula is C25H17BrN2O4. The van der Waals surface area contributed by atoms with E-state index in [4.69, 9.17) is 9.15 Å². The van der Waals surface area contributed by atoms with Gasteiger partial charge >= 0.3 is 11.9 Å². The highest BCUT2D eigenvalue weighted by molar-refractivity contribution is 9.10. The zero-order chi connectivity index (χ0) is 22.3. The molecule has 0 saturated heterocycles. The first-order chi connectivity index (χ1) is 15.6. The number of furan rings is 1. The second kappa shape index (κ2) is 9.89. The van der Waals surface area contributed by atoms with E-state index in [2.05, 4.69) is 26.5 Å². The Hall–Kier alpha value is -3.97. The average molecular weight is 489 g/mol. The molecule has 1 aromatic heterocycles. The predicted octanol–water partition coefficient (Wildman–Crippen LogP) is 5.58. The summed E-state index contributed by atoms with van der Waals surface area (Å²) in [6.07, 6.45) is 4.54. The molecule has 6 nitrogen and oxygen atoms in total. The molecule has 0 aliphatic rings. The van der Waals surface area contributed by atoms with Crippen molar-refractivity contribution in [2.75, 3.05) is 0 Å². The number of halogens is 1. The first kappa shape index (κ1) is 21.3. The van der Waals surface area contributed by atoms with Crippen molar-refractivity contribution in [3.05, 3.63) is 106 Å². The van der Waals surface area contributed by atoms with Gasteiger partial charge in [-0.05, 0) is 65.7 Å². The Morgan fingerprint density at radius 3 is 2.50 bits per heavy atom.